The van der Waals surface area contributed by atoms with Gasteiger partial charge in [0.05, 0.1) is 0 Å². The smallest absolute Gasteiger partial charge is 0.223 e. The summed E-state index contributed by atoms with van der Waals surface area (Å²) in [5, 5.41) is 3.09. The quantitative estimate of drug-likeness (QED) is 0.762. The molecule has 2 aliphatic rings. The Morgan fingerprint density at radius 2 is 1.59 bits per heavy atom. The predicted octanol–water partition coefficient (Wildman–Crippen LogP) is 4.04. The number of nitrogens with one attached hydrogen (secondary N) is 1. The zero-order valence-electron chi connectivity index (χ0n) is 16.2. The maximum atomic E-state index is 12.3. The summed E-state index contributed by atoms with van der Waals surface area (Å²) in [4.78, 5) is 14.9. The fraction of sp³-hybridized carbons (Fsp3) is 0.667. The molecule has 2 atom stereocenters. The van der Waals surface area contributed by atoms with Crippen LogP contribution in [-0.4, -0.2) is 29.9 Å². The number of carbonyl (C=O) groups is 1. The molecule has 6 heteroatoms. The van der Waals surface area contributed by atoms with Crippen molar-refractivity contribution in [3.8, 4) is 0 Å². The Morgan fingerprint density at radius 1 is 0.963 bits per heavy atom. The van der Waals surface area contributed by atoms with Gasteiger partial charge >= 0.3 is 0 Å². The second kappa shape index (κ2) is 12.6. The van der Waals surface area contributed by atoms with Crippen molar-refractivity contribution in [2.45, 2.75) is 70.5 Å². The van der Waals surface area contributed by atoms with E-state index < -0.39 is 0 Å². The number of carbonyl (C=O) groups excluding carboxylic acids is 1. The summed E-state index contributed by atoms with van der Waals surface area (Å²) in [6.07, 6.45) is 9.35. The Hall–Kier alpha value is -0.810. The third-order valence-corrected chi connectivity index (χ3v) is 5.68. The van der Waals surface area contributed by atoms with E-state index in [1.807, 2.05) is 0 Å². The summed E-state index contributed by atoms with van der Waals surface area (Å²) in [5.74, 6) is 0.273. The molecule has 0 aromatic heterocycles. The van der Waals surface area contributed by atoms with Crippen molar-refractivity contribution in [3.05, 3.63) is 35.4 Å². The summed E-state index contributed by atoms with van der Waals surface area (Å²) in [5.41, 5.74) is 8.53. The molecule has 1 aromatic rings. The SMILES string of the molecule is Cl.Cl.NC1CCCC(C(=O)NCc2ccc(CN3CCCCCC3)cc2)C1. The fourth-order valence-corrected chi connectivity index (χ4v) is 4.11. The van der Waals surface area contributed by atoms with Gasteiger partial charge in [-0.15, -0.1) is 24.8 Å². The van der Waals surface area contributed by atoms with Gasteiger partial charge in [-0.25, -0.2) is 0 Å². The van der Waals surface area contributed by atoms with E-state index in [-0.39, 0.29) is 42.7 Å². The van der Waals surface area contributed by atoms with Crippen molar-refractivity contribution in [3.63, 3.8) is 0 Å². The van der Waals surface area contributed by atoms with Gasteiger partial charge in [0, 0.05) is 25.0 Å². The van der Waals surface area contributed by atoms with E-state index in [1.165, 1.54) is 49.9 Å². The van der Waals surface area contributed by atoms with Crippen molar-refractivity contribution in [1.29, 1.82) is 0 Å². The largest absolute Gasteiger partial charge is 0.352 e. The van der Waals surface area contributed by atoms with Crippen molar-refractivity contribution in [2.24, 2.45) is 11.7 Å². The van der Waals surface area contributed by atoms with Gasteiger partial charge in [0.25, 0.3) is 0 Å². The first-order chi connectivity index (χ1) is 12.2. The van der Waals surface area contributed by atoms with Crippen LogP contribution in [0.25, 0.3) is 0 Å². The van der Waals surface area contributed by atoms with Crippen LogP contribution in [0.15, 0.2) is 24.3 Å². The van der Waals surface area contributed by atoms with Crippen LogP contribution >= 0.6 is 24.8 Å². The van der Waals surface area contributed by atoms with Gasteiger partial charge < -0.3 is 11.1 Å². The molecule has 3 N–H and O–H groups in total. The van der Waals surface area contributed by atoms with Gasteiger partial charge in [-0.1, -0.05) is 43.5 Å². The van der Waals surface area contributed by atoms with Gasteiger partial charge in [-0.05, 0) is 56.3 Å². The van der Waals surface area contributed by atoms with Crippen LogP contribution in [0, 0.1) is 5.92 Å². The molecule has 1 aromatic carbocycles. The van der Waals surface area contributed by atoms with Crippen LogP contribution in [-0.2, 0) is 17.9 Å². The molecule has 2 fully saturated rings. The summed E-state index contributed by atoms with van der Waals surface area (Å²) in [6.45, 7) is 4.11. The monoisotopic (exact) mass is 415 g/mol. The Kier molecular flexibility index (Phi) is 11.3. The van der Waals surface area contributed by atoms with Gasteiger partial charge in [-0.2, -0.15) is 0 Å². The number of hydrogen-bond acceptors (Lipinski definition) is 3. The van der Waals surface area contributed by atoms with Gasteiger partial charge in [0.2, 0.25) is 5.91 Å². The summed E-state index contributed by atoms with van der Waals surface area (Å²) >= 11 is 0. The summed E-state index contributed by atoms with van der Waals surface area (Å²) < 4.78 is 0. The lowest BCUT2D eigenvalue weighted by Crippen LogP contribution is -2.37. The molecule has 1 amide bonds. The van der Waals surface area contributed by atoms with Crippen LogP contribution < -0.4 is 11.1 Å². The lowest BCUT2D eigenvalue weighted by Gasteiger charge is -2.25. The third kappa shape index (κ3) is 7.98. The van der Waals surface area contributed by atoms with E-state index in [0.29, 0.717) is 6.54 Å². The van der Waals surface area contributed by atoms with E-state index in [2.05, 4.69) is 34.5 Å². The standard InChI is InChI=1S/C21H33N3O.2ClH/c22-20-7-5-6-19(14-20)21(25)23-15-17-8-10-18(11-9-17)16-24-12-3-1-2-4-13-24;;/h8-11,19-20H,1-7,12-16,22H2,(H,23,25);2*1H. The van der Waals surface area contributed by atoms with Crippen LogP contribution in [0.4, 0.5) is 0 Å². The van der Waals surface area contributed by atoms with Crippen molar-refractivity contribution < 1.29 is 4.79 Å². The molecular formula is C21H35Cl2N3O. The molecule has 27 heavy (non-hydrogen) atoms. The molecule has 154 valence electrons. The minimum Gasteiger partial charge on any atom is -0.352 e. The highest BCUT2D eigenvalue weighted by molar-refractivity contribution is 5.85. The van der Waals surface area contributed by atoms with Gasteiger partial charge in [0.1, 0.15) is 0 Å². The second-order valence-corrected chi connectivity index (χ2v) is 7.85. The first-order valence-corrected chi connectivity index (χ1v) is 10.0. The van der Waals surface area contributed by atoms with E-state index in [1.54, 1.807) is 0 Å². The van der Waals surface area contributed by atoms with Gasteiger partial charge in [0.15, 0.2) is 0 Å². The van der Waals surface area contributed by atoms with Crippen LogP contribution in [0.1, 0.15) is 62.5 Å². The molecule has 4 nitrogen and oxygen atoms in total. The molecule has 1 aliphatic carbocycles. The summed E-state index contributed by atoms with van der Waals surface area (Å²) in [6, 6.07) is 8.93. The van der Waals surface area contributed by atoms with E-state index in [4.69, 9.17) is 5.73 Å². The Labute approximate surface area is 176 Å². The molecule has 3 rings (SSSR count). The predicted molar refractivity (Wildman–Crippen MR) is 116 cm³/mol. The average molecular weight is 416 g/mol. The average Bonchev–Trinajstić information content (AvgIpc) is 2.89. The fourth-order valence-electron chi connectivity index (χ4n) is 4.11. The van der Waals surface area contributed by atoms with Gasteiger partial charge in [-0.3, -0.25) is 9.69 Å². The molecule has 0 spiro atoms. The number of amides is 1. The lowest BCUT2D eigenvalue weighted by atomic mass is 9.85. The highest BCUT2D eigenvalue weighted by Crippen LogP contribution is 2.23. The van der Waals surface area contributed by atoms with Crippen LogP contribution in [0.3, 0.4) is 0 Å². The first kappa shape index (κ1) is 24.2. The van der Waals surface area contributed by atoms with Crippen molar-refractivity contribution >= 4 is 30.7 Å². The molecule has 1 aliphatic heterocycles. The number of rotatable bonds is 5. The first-order valence-electron chi connectivity index (χ1n) is 10.0. The Balaban J connectivity index is 0.00000182. The molecule has 1 saturated carbocycles. The van der Waals surface area contributed by atoms with E-state index >= 15 is 0 Å². The Morgan fingerprint density at radius 3 is 2.22 bits per heavy atom. The number of benzene rings is 1. The molecule has 0 bridgehead atoms. The number of nitrogens with zero attached hydrogens (tertiary/aromatic N) is 1. The van der Waals surface area contributed by atoms with E-state index in [9.17, 15) is 4.79 Å². The van der Waals surface area contributed by atoms with Crippen molar-refractivity contribution in [1.82, 2.24) is 10.2 Å². The van der Waals surface area contributed by atoms with Crippen LogP contribution in [0.2, 0.25) is 0 Å². The lowest BCUT2D eigenvalue weighted by molar-refractivity contribution is -0.126. The van der Waals surface area contributed by atoms with Crippen molar-refractivity contribution in [2.75, 3.05) is 13.1 Å². The van der Waals surface area contributed by atoms with Crippen LogP contribution in [0.5, 0.6) is 0 Å². The zero-order valence-corrected chi connectivity index (χ0v) is 17.8. The molecule has 1 heterocycles. The molecular weight excluding hydrogens is 381 g/mol. The normalized spacial score (nSPS) is 23.4. The number of nitrogens with two attached hydrogens (primary N) is 1. The third-order valence-electron chi connectivity index (χ3n) is 5.68. The molecule has 2 unspecified atom stereocenters. The minimum atomic E-state index is 0. The second-order valence-electron chi connectivity index (χ2n) is 7.85. The maximum Gasteiger partial charge on any atom is 0.223 e. The number of halogens is 2. The molecule has 0 radical (unpaired) electrons. The van der Waals surface area contributed by atoms with E-state index in [0.717, 1.165) is 32.2 Å². The minimum absolute atomic E-state index is 0. The Bertz CT molecular complexity index is 545. The molecule has 1 saturated heterocycles. The zero-order chi connectivity index (χ0) is 17.5. The topological polar surface area (TPSA) is 58.4 Å². The highest BCUT2D eigenvalue weighted by Gasteiger charge is 2.24. The number of hydrogen-bond donors (Lipinski definition) is 2. The maximum absolute atomic E-state index is 12.3. The highest BCUT2D eigenvalue weighted by atomic mass is 35.5. The number of likely N-dealkylation sites (tertiary alicyclic amines) is 1. The summed E-state index contributed by atoms with van der Waals surface area (Å²) in [7, 11) is 0.